The summed E-state index contributed by atoms with van der Waals surface area (Å²) in [5.74, 6) is -4.25. The number of hydrogen-bond donors (Lipinski definition) is 4. The van der Waals surface area contributed by atoms with E-state index >= 15 is 0 Å². The van der Waals surface area contributed by atoms with Crippen molar-refractivity contribution in [2.45, 2.75) is 128 Å². The second-order valence-corrected chi connectivity index (χ2v) is 26.7. The third kappa shape index (κ3) is 8.15. The van der Waals surface area contributed by atoms with E-state index in [1.165, 1.54) is 13.1 Å². The fraction of sp³-hybridized carbons (Fsp3) is 0.700. The maximum atomic E-state index is 14.1. The Morgan fingerprint density at radius 1 is 1.06 bits per heavy atom. The number of nitrogens with one attached hydrogen (secondary N) is 1. The molecule has 282 valence electrons. The van der Waals surface area contributed by atoms with Crippen molar-refractivity contribution in [3.63, 3.8) is 0 Å². The van der Waals surface area contributed by atoms with Crippen LogP contribution in [0.25, 0.3) is 0 Å². The summed E-state index contributed by atoms with van der Waals surface area (Å²) in [6.45, 7) is 19.9. The van der Waals surface area contributed by atoms with Crippen LogP contribution in [0.4, 0.5) is 0 Å². The summed E-state index contributed by atoms with van der Waals surface area (Å²) < 4.78 is 53.2. The van der Waals surface area contributed by atoms with Crippen LogP contribution in [0.1, 0.15) is 59.8 Å². The third-order valence-corrected chi connectivity index (χ3v) is 20.0. The van der Waals surface area contributed by atoms with Crippen molar-refractivity contribution < 1.29 is 50.8 Å². The number of carboxylic acid groups (broad SMARTS) is 2. The van der Waals surface area contributed by atoms with E-state index in [0.717, 1.165) is 9.98 Å². The molecule has 1 aromatic heterocycles. The number of carbonyl (C=O) groups excluding carboxylic acids is 1. The highest BCUT2D eigenvalue weighted by Gasteiger charge is 2.67. The summed E-state index contributed by atoms with van der Waals surface area (Å²) in [6.07, 6.45) is -3.88. The maximum absolute atomic E-state index is 14.1. The summed E-state index contributed by atoms with van der Waals surface area (Å²) in [7, 11) is -9.75. The number of aryl methyl sites for hydroxylation is 1. The van der Waals surface area contributed by atoms with Gasteiger partial charge in [-0.3, -0.25) is 23.5 Å². The van der Waals surface area contributed by atoms with E-state index in [-0.39, 0.29) is 22.9 Å². The molecule has 20 heteroatoms. The fourth-order valence-electron chi connectivity index (χ4n) is 5.05. The zero-order chi connectivity index (χ0) is 38.6. The van der Waals surface area contributed by atoms with E-state index < -0.39 is 104 Å². The van der Waals surface area contributed by atoms with Gasteiger partial charge in [0, 0.05) is 11.8 Å². The van der Waals surface area contributed by atoms with Gasteiger partial charge in [-0.25, -0.2) is 13.8 Å². The molecular formula is C30H50N4O13SSi2. The Hall–Kier alpha value is -3.15. The van der Waals surface area contributed by atoms with Gasteiger partial charge in [-0.2, -0.15) is 8.42 Å². The van der Waals surface area contributed by atoms with Crippen LogP contribution in [0, 0.1) is 6.92 Å². The van der Waals surface area contributed by atoms with E-state index in [0.29, 0.717) is 4.57 Å². The second kappa shape index (κ2) is 13.8. The predicted octanol–water partition coefficient (Wildman–Crippen LogP) is 1.57. The molecule has 1 fully saturated rings. The van der Waals surface area contributed by atoms with Crippen LogP contribution in [-0.2, 0) is 48.8 Å². The number of carbonyl (C=O) groups is 3. The molecule has 50 heavy (non-hydrogen) atoms. The first-order valence-electron chi connectivity index (χ1n) is 15.9. The maximum Gasteiger partial charge on any atom is 0.333 e. The Morgan fingerprint density at radius 3 is 2.08 bits per heavy atom. The molecule has 2 unspecified atom stereocenters. The van der Waals surface area contributed by atoms with Crippen molar-refractivity contribution in [2.75, 3.05) is 6.61 Å². The molecule has 0 aromatic carbocycles. The highest BCUT2D eigenvalue weighted by molar-refractivity contribution is 7.90. The summed E-state index contributed by atoms with van der Waals surface area (Å²) in [5, 5.41) is 20.5. The number of rotatable bonds is 12. The van der Waals surface area contributed by atoms with Crippen LogP contribution >= 0.6 is 0 Å². The smallest absolute Gasteiger partial charge is 0.333 e. The van der Waals surface area contributed by atoms with Crippen molar-refractivity contribution in [1.29, 1.82) is 0 Å². The monoisotopic (exact) mass is 762 g/mol. The quantitative estimate of drug-likeness (QED) is 0.175. The molecule has 5 atom stereocenters. The lowest BCUT2D eigenvalue weighted by Gasteiger charge is -2.43. The average Bonchev–Trinajstić information content (AvgIpc) is 3.36. The number of amides is 1. The van der Waals surface area contributed by atoms with Gasteiger partial charge in [0.05, 0.1) is 24.1 Å². The lowest BCUT2D eigenvalue weighted by molar-refractivity contribution is -0.147. The Morgan fingerprint density at radius 2 is 1.62 bits per heavy atom. The topological polar surface area (TPSA) is 245 Å². The Balaban J connectivity index is 2.25. The van der Waals surface area contributed by atoms with Crippen LogP contribution in [-0.4, -0.2) is 92.7 Å². The minimum absolute atomic E-state index is 0.0362. The molecule has 2 aliphatic heterocycles. The fourth-order valence-corrected chi connectivity index (χ4v) is 8.56. The lowest BCUT2D eigenvalue weighted by atomic mass is 9.89. The van der Waals surface area contributed by atoms with Gasteiger partial charge in [0.2, 0.25) is 5.91 Å². The molecule has 0 bridgehead atoms. The summed E-state index contributed by atoms with van der Waals surface area (Å²) >= 11 is 0. The molecule has 3 rings (SSSR count). The van der Waals surface area contributed by atoms with Crippen LogP contribution in [0.15, 0.2) is 26.9 Å². The second-order valence-electron chi connectivity index (χ2n) is 15.8. The van der Waals surface area contributed by atoms with Gasteiger partial charge in [0.25, 0.3) is 15.7 Å². The molecule has 0 saturated carbocycles. The Kier molecular flexibility index (Phi) is 11.4. The van der Waals surface area contributed by atoms with Gasteiger partial charge in [-0.1, -0.05) is 41.5 Å². The first kappa shape index (κ1) is 41.3. The molecule has 1 saturated heterocycles. The number of aromatic nitrogens is 2. The molecule has 1 spiro atoms. The summed E-state index contributed by atoms with van der Waals surface area (Å²) in [6, 6.07) is -1.83. The molecule has 1 aromatic rings. The largest absolute Gasteiger partial charge is 0.481 e. The van der Waals surface area contributed by atoms with Gasteiger partial charge in [-0.15, -0.1) is 0 Å². The molecule has 0 aliphatic carbocycles. The molecule has 3 heterocycles. The number of hydrogen-bond acceptors (Lipinski definition) is 12. The van der Waals surface area contributed by atoms with Gasteiger partial charge in [0.15, 0.2) is 28.5 Å². The van der Waals surface area contributed by atoms with E-state index in [1.807, 2.05) is 73.0 Å². The van der Waals surface area contributed by atoms with Crippen molar-refractivity contribution in [3.8, 4) is 0 Å². The van der Waals surface area contributed by atoms with Crippen molar-refractivity contribution >= 4 is 44.6 Å². The van der Waals surface area contributed by atoms with E-state index in [1.54, 1.807) is 0 Å². The van der Waals surface area contributed by atoms with Crippen molar-refractivity contribution in [1.82, 2.24) is 14.5 Å². The summed E-state index contributed by atoms with van der Waals surface area (Å²) in [4.78, 5) is 62.9. The van der Waals surface area contributed by atoms with E-state index in [4.69, 9.17) is 28.6 Å². The van der Waals surface area contributed by atoms with Gasteiger partial charge < -0.3 is 34.9 Å². The van der Waals surface area contributed by atoms with Gasteiger partial charge >= 0.3 is 17.6 Å². The molecule has 0 radical (unpaired) electrons. The zero-order valence-corrected chi connectivity index (χ0v) is 33.2. The van der Waals surface area contributed by atoms with Crippen molar-refractivity contribution in [2.24, 2.45) is 5.73 Å². The van der Waals surface area contributed by atoms with Crippen molar-refractivity contribution in [3.05, 3.63) is 43.7 Å². The first-order chi connectivity index (χ1) is 22.5. The normalized spacial score (nSPS) is 24.6. The molecular weight excluding hydrogens is 713 g/mol. The number of ether oxygens (including phenoxy) is 1. The van der Waals surface area contributed by atoms with Gasteiger partial charge in [0.1, 0.15) is 24.8 Å². The number of aliphatic carboxylic acids is 2. The highest BCUT2D eigenvalue weighted by Crippen LogP contribution is 2.52. The minimum Gasteiger partial charge on any atom is -0.481 e. The number of nitrogens with zero attached hydrogens (tertiary/aromatic N) is 2. The highest BCUT2D eigenvalue weighted by atomic mass is 32.2. The van der Waals surface area contributed by atoms with Gasteiger partial charge in [-0.05, 0) is 43.2 Å². The van der Waals surface area contributed by atoms with Crippen LogP contribution < -0.4 is 22.3 Å². The number of carboxylic acids is 2. The Labute approximate surface area is 293 Å². The molecule has 2 aliphatic rings. The average molecular weight is 763 g/mol. The minimum atomic E-state index is -4.37. The number of nitrogens with two attached hydrogens (primary N) is 1. The first-order valence-corrected chi connectivity index (χ1v) is 23.2. The Bertz CT molecular complexity index is 1790. The standard InChI is InChI=1S/C30H50N4O13SSi2/c1-17-13-34(27(41)33(24(17)38)14-21(35)32-18(26(39)40)12-22(36)37)25-23(46-50(10,11)29(5,6)7)30(19(31)16-48(42,43)47-30)20(45-25)15-44-49(8,9)28(2,3)4/h13,16,18,20,23,25H,12,14-15,31H2,1-11H3,(H,32,35)(H,36,37)(H,39,40)/t18-,20?,23-,25+,30?/m0/s1. The SMILES string of the molecule is Cc1cn([C@@H]2OC(CO[Si](C)(C)C(C)(C)C)C3(OS(=O)(=O)C=C3N)[C@H]2O[Si](C)(C)C(C)(C)C)c(=O)n(CC(=O)N[C@@H](CC(=O)O)C(=O)O)c1=O. The van der Waals surface area contributed by atoms with E-state index in [9.17, 15) is 37.5 Å². The molecule has 5 N–H and O–H groups in total. The molecule has 17 nitrogen and oxygen atoms in total. The third-order valence-electron chi connectivity index (χ3n) is 10.0. The van der Waals surface area contributed by atoms with Crippen LogP contribution in [0.3, 0.4) is 0 Å². The lowest BCUT2D eigenvalue weighted by Crippen LogP contribution is -2.59. The predicted molar refractivity (Wildman–Crippen MR) is 186 cm³/mol. The van der Waals surface area contributed by atoms with Crippen LogP contribution in [0.2, 0.25) is 36.3 Å². The molecule has 1 amide bonds. The van der Waals surface area contributed by atoms with Crippen LogP contribution in [0.5, 0.6) is 0 Å². The van der Waals surface area contributed by atoms with E-state index in [2.05, 4.69) is 0 Å². The summed E-state index contributed by atoms with van der Waals surface area (Å²) in [5.41, 5.74) is 2.26. The zero-order valence-electron chi connectivity index (χ0n) is 30.4.